The van der Waals surface area contributed by atoms with E-state index in [0.29, 0.717) is 6.61 Å². The van der Waals surface area contributed by atoms with Gasteiger partial charge in [-0.15, -0.1) is 0 Å². The first kappa shape index (κ1) is 17.8. The van der Waals surface area contributed by atoms with Crippen LogP contribution in [0.1, 0.15) is 31.9 Å². The third-order valence-electron chi connectivity index (χ3n) is 3.13. The Bertz CT molecular complexity index is 618. The van der Waals surface area contributed by atoms with E-state index >= 15 is 0 Å². The Morgan fingerprint density at radius 2 is 1.83 bits per heavy atom. The zero-order valence-electron chi connectivity index (χ0n) is 13.8. The van der Waals surface area contributed by atoms with Crippen molar-refractivity contribution in [3.05, 3.63) is 52.3 Å². The molecule has 0 spiro atoms. The van der Waals surface area contributed by atoms with Gasteiger partial charge < -0.3 is 14.8 Å². The van der Waals surface area contributed by atoms with E-state index in [-0.39, 0.29) is 6.10 Å². The van der Waals surface area contributed by atoms with Crippen molar-refractivity contribution >= 4 is 15.9 Å². The molecule has 4 nitrogen and oxygen atoms in total. The number of hydrogen-bond acceptors (Lipinski definition) is 4. The fourth-order valence-corrected chi connectivity index (χ4v) is 2.77. The van der Waals surface area contributed by atoms with Gasteiger partial charge in [0.25, 0.3) is 0 Å². The maximum atomic E-state index is 5.86. The monoisotopic (exact) mass is 378 g/mol. The van der Waals surface area contributed by atoms with Crippen molar-refractivity contribution in [3.8, 4) is 11.5 Å². The molecule has 2 aromatic rings. The standard InChI is InChI=1S/C18H23BrN2O2/c1-4-22-17-10-15(9-16(19)18(17)23-13(2)3)12-21-11-14-5-7-20-8-6-14/h5-10,13,21H,4,11-12H2,1-3H3. The lowest BCUT2D eigenvalue weighted by Gasteiger charge is -2.17. The van der Waals surface area contributed by atoms with E-state index in [9.17, 15) is 0 Å². The molecule has 0 unspecified atom stereocenters. The molecule has 0 saturated carbocycles. The topological polar surface area (TPSA) is 43.4 Å². The minimum atomic E-state index is 0.0983. The van der Waals surface area contributed by atoms with E-state index < -0.39 is 0 Å². The average Bonchev–Trinajstić information content (AvgIpc) is 2.52. The van der Waals surface area contributed by atoms with E-state index in [1.54, 1.807) is 12.4 Å². The summed E-state index contributed by atoms with van der Waals surface area (Å²) >= 11 is 3.59. The number of pyridine rings is 1. The van der Waals surface area contributed by atoms with Gasteiger partial charge in [-0.1, -0.05) is 0 Å². The molecule has 1 heterocycles. The second kappa shape index (κ2) is 8.89. The summed E-state index contributed by atoms with van der Waals surface area (Å²) in [6.45, 7) is 8.15. The molecule has 0 amide bonds. The highest BCUT2D eigenvalue weighted by molar-refractivity contribution is 9.10. The van der Waals surface area contributed by atoms with Crippen molar-refractivity contribution in [1.29, 1.82) is 0 Å². The fourth-order valence-electron chi connectivity index (χ4n) is 2.19. The Balaban J connectivity index is 2.06. The SMILES string of the molecule is CCOc1cc(CNCc2ccncc2)cc(Br)c1OC(C)C. The van der Waals surface area contributed by atoms with E-state index in [1.165, 1.54) is 5.56 Å². The molecular weight excluding hydrogens is 356 g/mol. The smallest absolute Gasteiger partial charge is 0.175 e. The highest BCUT2D eigenvalue weighted by Gasteiger charge is 2.13. The highest BCUT2D eigenvalue weighted by Crippen LogP contribution is 2.37. The number of halogens is 1. The molecule has 0 radical (unpaired) electrons. The van der Waals surface area contributed by atoms with Gasteiger partial charge in [-0.3, -0.25) is 4.98 Å². The Morgan fingerprint density at radius 1 is 1.13 bits per heavy atom. The van der Waals surface area contributed by atoms with Gasteiger partial charge >= 0.3 is 0 Å². The first-order chi connectivity index (χ1) is 11.1. The molecule has 1 aromatic heterocycles. The molecule has 0 saturated heterocycles. The molecule has 5 heteroatoms. The number of nitrogens with one attached hydrogen (secondary N) is 1. The molecular formula is C18H23BrN2O2. The Hall–Kier alpha value is -1.59. The molecule has 23 heavy (non-hydrogen) atoms. The van der Waals surface area contributed by atoms with Crippen molar-refractivity contribution in [2.45, 2.75) is 40.0 Å². The molecule has 0 bridgehead atoms. The Kier molecular flexibility index (Phi) is 6.86. The molecule has 0 aliphatic heterocycles. The van der Waals surface area contributed by atoms with Crippen LogP contribution >= 0.6 is 15.9 Å². The molecule has 1 aromatic carbocycles. The summed E-state index contributed by atoms with van der Waals surface area (Å²) in [6, 6.07) is 8.12. The molecule has 1 N–H and O–H groups in total. The van der Waals surface area contributed by atoms with Crippen molar-refractivity contribution in [2.24, 2.45) is 0 Å². The van der Waals surface area contributed by atoms with Crippen molar-refractivity contribution in [2.75, 3.05) is 6.61 Å². The molecule has 124 valence electrons. The van der Waals surface area contributed by atoms with E-state index in [2.05, 4.69) is 32.3 Å². The molecule has 0 aliphatic carbocycles. The molecule has 0 fully saturated rings. The van der Waals surface area contributed by atoms with Gasteiger partial charge in [0, 0.05) is 25.5 Å². The summed E-state index contributed by atoms with van der Waals surface area (Å²) in [7, 11) is 0. The summed E-state index contributed by atoms with van der Waals surface area (Å²) in [6.07, 6.45) is 3.71. The third kappa shape index (κ3) is 5.52. The number of nitrogens with zero attached hydrogens (tertiary/aromatic N) is 1. The maximum Gasteiger partial charge on any atom is 0.175 e. The second-order valence-corrected chi connectivity index (χ2v) is 6.32. The lowest BCUT2D eigenvalue weighted by molar-refractivity contribution is 0.222. The van der Waals surface area contributed by atoms with Crippen molar-refractivity contribution in [1.82, 2.24) is 10.3 Å². The number of rotatable bonds is 8. The van der Waals surface area contributed by atoms with Crippen LogP contribution in [0, 0.1) is 0 Å². The van der Waals surface area contributed by atoms with E-state index in [4.69, 9.17) is 9.47 Å². The Labute approximate surface area is 146 Å². The maximum absolute atomic E-state index is 5.86. The summed E-state index contributed by atoms with van der Waals surface area (Å²) in [5, 5.41) is 3.43. The van der Waals surface area contributed by atoms with Crippen molar-refractivity contribution < 1.29 is 9.47 Å². The van der Waals surface area contributed by atoms with Crippen molar-refractivity contribution in [3.63, 3.8) is 0 Å². The minimum absolute atomic E-state index is 0.0983. The van der Waals surface area contributed by atoms with Crippen LogP contribution in [0.2, 0.25) is 0 Å². The second-order valence-electron chi connectivity index (χ2n) is 5.46. The zero-order chi connectivity index (χ0) is 16.7. The summed E-state index contributed by atoms with van der Waals surface area (Å²) < 4.78 is 12.5. The first-order valence-electron chi connectivity index (χ1n) is 7.81. The Morgan fingerprint density at radius 3 is 2.48 bits per heavy atom. The van der Waals surface area contributed by atoms with Gasteiger partial charge in [0.05, 0.1) is 17.2 Å². The number of aromatic nitrogens is 1. The molecule has 2 rings (SSSR count). The predicted octanol–water partition coefficient (Wildman–Crippen LogP) is 4.32. The first-order valence-corrected chi connectivity index (χ1v) is 8.61. The summed E-state index contributed by atoms with van der Waals surface area (Å²) in [5.74, 6) is 1.54. The quantitative estimate of drug-likeness (QED) is 0.742. The van der Waals surface area contributed by atoms with Crippen LogP contribution < -0.4 is 14.8 Å². The normalized spacial score (nSPS) is 10.8. The third-order valence-corrected chi connectivity index (χ3v) is 3.72. The lowest BCUT2D eigenvalue weighted by atomic mass is 10.2. The number of ether oxygens (including phenoxy) is 2. The zero-order valence-corrected chi connectivity index (χ0v) is 15.4. The van der Waals surface area contributed by atoms with E-state index in [0.717, 1.165) is 34.6 Å². The van der Waals surface area contributed by atoms with Gasteiger partial charge in [0.2, 0.25) is 0 Å². The average molecular weight is 379 g/mol. The van der Waals surface area contributed by atoms with Crippen LogP contribution in [-0.4, -0.2) is 17.7 Å². The van der Waals surface area contributed by atoms with Crippen LogP contribution in [0.25, 0.3) is 0 Å². The van der Waals surface area contributed by atoms with E-state index in [1.807, 2.05) is 39.0 Å². The van der Waals surface area contributed by atoms with Gasteiger partial charge in [-0.2, -0.15) is 0 Å². The number of hydrogen-bond donors (Lipinski definition) is 1. The van der Waals surface area contributed by atoms with Crippen LogP contribution in [-0.2, 0) is 13.1 Å². The highest BCUT2D eigenvalue weighted by atomic mass is 79.9. The number of benzene rings is 1. The predicted molar refractivity (Wildman–Crippen MR) is 95.9 cm³/mol. The fraction of sp³-hybridized carbons (Fsp3) is 0.389. The largest absolute Gasteiger partial charge is 0.490 e. The van der Waals surface area contributed by atoms with Crippen LogP contribution in [0.4, 0.5) is 0 Å². The molecule has 0 aliphatic rings. The molecule has 0 atom stereocenters. The van der Waals surface area contributed by atoms with Gasteiger partial charge in [0.15, 0.2) is 11.5 Å². The lowest BCUT2D eigenvalue weighted by Crippen LogP contribution is -2.13. The van der Waals surface area contributed by atoms with Gasteiger partial charge in [0.1, 0.15) is 0 Å². The summed E-state index contributed by atoms with van der Waals surface area (Å²) in [4.78, 5) is 4.02. The van der Waals surface area contributed by atoms with Crippen LogP contribution in [0.15, 0.2) is 41.1 Å². The van der Waals surface area contributed by atoms with Crippen LogP contribution in [0.5, 0.6) is 11.5 Å². The minimum Gasteiger partial charge on any atom is -0.490 e. The van der Waals surface area contributed by atoms with Crippen LogP contribution in [0.3, 0.4) is 0 Å². The van der Waals surface area contributed by atoms with Gasteiger partial charge in [-0.05, 0) is 72.1 Å². The van der Waals surface area contributed by atoms with Gasteiger partial charge in [-0.25, -0.2) is 0 Å². The summed E-state index contributed by atoms with van der Waals surface area (Å²) in [5.41, 5.74) is 2.36.